The molecule has 0 bridgehead atoms. The molecular formula is C14H22N2O2. The quantitative estimate of drug-likeness (QED) is 0.622. The summed E-state index contributed by atoms with van der Waals surface area (Å²) in [7, 11) is 1.41. The zero-order valence-electron chi connectivity index (χ0n) is 11.5. The first kappa shape index (κ1) is 14.4. The number of benzene rings is 1. The molecule has 0 spiro atoms. The van der Waals surface area contributed by atoms with Crippen LogP contribution in [0.2, 0.25) is 0 Å². The number of nitrogens with one attached hydrogen (secondary N) is 1. The van der Waals surface area contributed by atoms with Crippen LogP contribution in [0.1, 0.15) is 25.8 Å². The van der Waals surface area contributed by atoms with Crippen molar-refractivity contribution >= 4 is 17.3 Å². The summed E-state index contributed by atoms with van der Waals surface area (Å²) >= 11 is 0. The van der Waals surface area contributed by atoms with Crippen LogP contribution >= 0.6 is 0 Å². The molecule has 0 aliphatic rings. The topological polar surface area (TPSA) is 64.3 Å². The Morgan fingerprint density at radius 1 is 1.44 bits per heavy atom. The molecule has 1 aromatic carbocycles. The summed E-state index contributed by atoms with van der Waals surface area (Å²) < 4.78 is 4.82. The van der Waals surface area contributed by atoms with Gasteiger partial charge in [0.05, 0.1) is 7.11 Å². The van der Waals surface area contributed by atoms with Gasteiger partial charge in [0.2, 0.25) is 0 Å². The van der Waals surface area contributed by atoms with E-state index in [4.69, 9.17) is 10.5 Å². The lowest BCUT2D eigenvalue weighted by molar-refractivity contribution is -0.141. The SMILES string of the molecule is COC(=O)C(CC(C)C)Nc1cccc(N)c1C. The predicted octanol–water partition coefficient (Wildman–Crippen LogP) is 2.58. The van der Waals surface area contributed by atoms with Gasteiger partial charge in [0.25, 0.3) is 0 Å². The Hall–Kier alpha value is -1.71. The Balaban J connectivity index is 2.88. The van der Waals surface area contributed by atoms with Gasteiger partial charge in [-0.2, -0.15) is 0 Å². The number of nitrogen functional groups attached to an aromatic ring is 1. The smallest absolute Gasteiger partial charge is 0.328 e. The number of nitrogens with two attached hydrogens (primary N) is 1. The summed E-state index contributed by atoms with van der Waals surface area (Å²) in [6.07, 6.45) is 0.723. The maximum atomic E-state index is 11.7. The highest BCUT2D eigenvalue weighted by Crippen LogP contribution is 2.22. The van der Waals surface area contributed by atoms with E-state index in [1.54, 1.807) is 0 Å². The minimum atomic E-state index is -0.338. The number of hydrogen-bond acceptors (Lipinski definition) is 4. The Morgan fingerprint density at radius 3 is 2.67 bits per heavy atom. The molecule has 0 heterocycles. The number of anilines is 2. The molecule has 1 atom stereocenters. The third-order valence-electron chi connectivity index (χ3n) is 2.90. The van der Waals surface area contributed by atoms with Crippen molar-refractivity contribution in [2.24, 2.45) is 5.92 Å². The molecule has 0 amide bonds. The maximum absolute atomic E-state index is 11.7. The molecular weight excluding hydrogens is 228 g/mol. The molecule has 1 rings (SSSR count). The third-order valence-corrected chi connectivity index (χ3v) is 2.90. The number of hydrogen-bond donors (Lipinski definition) is 2. The summed E-state index contributed by atoms with van der Waals surface area (Å²) in [6, 6.07) is 5.29. The van der Waals surface area contributed by atoms with Crippen LogP contribution in [0.3, 0.4) is 0 Å². The molecule has 1 unspecified atom stereocenters. The van der Waals surface area contributed by atoms with E-state index in [-0.39, 0.29) is 12.0 Å². The van der Waals surface area contributed by atoms with E-state index in [1.165, 1.54) is 7.11 Å². The van der Waals surface area contributed by atoms with Gasteiger partial charge in [0, 0.05) is 11.4 Å². The molecule has 3 N–H and O–H groups in total. The minimum Gasteiger partial charge on any atom is -0.467 e. The summed E-state index contributed by atoms with van der Waals surface area (Å²) in [5.74, 6) is 0.161. The lowest BCUT2D eigenvalue weighted by atomic mass is 10.0. The molecule has 0 aliphatic heterocycles. The van der Waals surface area contributed by atoms with Gasteiger partial charge in [0.1, 0.15) is 6.04 Å². The van der Waals surface area contributed by atoms with Crippen molar-refractivity contribution < 1.29 is 9.53 Å². The van der Waals surface area contributed by atoms with Gasteiger partial charge in [-0.25, -0.2) is 4.79 Å². The fraction of sp³-hybridized carbons (Fsp3) is 0.500. The Labute approximate surface area is 109 Å². The van der Waals surface area contributed by atoms with Crippen molar-refractivity contribution in [3.8, 4) is 0 Å². The van der Waals surface area contributed by atoms with Crippen molar-refractivity contribution in [3.05, 3.63) is 23.8 Å². The summed E-state index contributed by atoms with van der Waals surface area (Å²) in [5.41, 5.74) is 8.40. The average molecular weight is 250 g/mol. The number of rotatable bonds is 5. The first-order valence-electron chi connectivity index (χ1n) is 6.15. The van der Waals surface area contributed by atoms with Gasteiger partial charge in [-0.05, 0) is 37.0 Å². The summed E-state index contributed by atoms with van der Waals surface area (Å²) in [5, 5.41) is 3.22. The Bertz CT molecular complexity index is 416. The van der Waals surface area contributed by atoms with E-state index in [9.17, 15) is 4.79 Å². The van der Waals surface area contributed by atoms with E-state index in [1.807, 2.05) is 25.1 Å². The van der Waals surface area contributed by atoms with Gasteiger partial charge in [-0.3, -0.25) is 0 Å². The number of carbonyl (C=O) groups is 1. The zero-order chi connectivity index (χ0) is 13.7. The van der Waals surface area contributed by atoms with Crippen LogP contribution in [0.25, 0.3) is 0 Å². The van der Waals surface area contributed by atoms with Crippen LogP contribution in [0.5, 0.6) is 0 Å². The molecule has 100 valence electrons. The van der Waals surface area contributed by atoms with Gasteiger partial charge in [-0.15, -0.1) is 0 Å². The number of methoxy groups -OCH3 is 1. The first-order chi connectivity index (χ1) is 8.45. The van der Waals surface area contributed by atoms with Crippen LogP contribution in [0.15, 0.2) is 18.2 Å². The van der Waals surface area contributed by atoms with Crippen LogP contribution in [0.4, 0.5) is 11.4 Å². The number of esters is 1. The predicted molar refractivity (Wildman–Crippen MR) is 74.5 cm³/mol. The normalized spacial score (nSPS) is 12.3. The van der Waals surface area contributed by atoms with Crippen molar-refractivity contribution in [1.29, 1.82) is 0 Å². The van der Waals surface area contributed by atoms with Crippen LogP contribution < -0.4 is 11.1 Å². The van der Waals surface area contributed by atoms with Gasteiger partial charge in [0.15, 0.2) is 0 Å². The van der Waals surface area contributed by atoms with E-state index in [0.29, 0.717) is 11.6 Å². The lowest BCUT2D eigenvalue weighted by Crippen LogP contribution is -2.32. The molecule has 4 nitrogen and oxygen atoms in total. The van der Waals surface area contributed by atoms with Crippen molar-refractivity contribution in [3.63, 3.8) is 0 Å². The molecule has 0 fully saturated rings. The zero-order valence-corrected chi connectivity index (χ0v) is 11.5. The highest BCUT2D eigenvalue weighted by molar-refractivity contribution is 5.80. The largest absolute Gasteiger partial charge is 0.467 e. The molecule has 4 heteroatoms. The standard InChI is InChI=1S/C14H22N2O2/c1-9(2)8-13(14(17)18-4)16-12-7-5-6-11(15)10(12)3/h5-7,9,13,16H,8,15H2,1-4H3. The highest BCUT2D eigenvalue weighted by atomic mass is 16.5. The van der Waals surface area contributed by atoms with Crippen LogP contribution in [0, 0.1) is 12.8 Å². The van der Waals surface area contributed by atoms with Crippen molar-refractivity contribution in [1.82, 2.24) is 0 Å². The Kier molecular flexibility index (Phi) is 5.01. The average Bonchev–Trinajstić information content (AvgIpc) is 2.32. The monoisotopic (exact) mass is 250 g/mol. The van der Waals surface area contributed by atoms with Crippen molar-refractivity contribution in [2.75, 3.05) is 18.2 Å². The Morgan fingerprint density at radius 2 is 2.11 bits per heavy atom. The molecule has 0 radical (unpaired) electrons. The highest BCUT2D eigenvalue weighted by Gasteiger charge is 2.20. The van der Waals surface area contributed by atoms with Crippen molar-refractivity contribution in [2.45, 2.75) is 33.2 Å². The number of carbonyl (C=O) groups excluding carboxylic acids is 1. The molecule has 0 aliphatic carbocycles. The van der Waals surface area contributed by atoms with Gasteiger partial charge >= 0.3 is 5.97 Å². The summed E-state index contributed by atoms with van der Waals surface area (Å²) in [4.78, 5) is 11.7. The molecule has 0 saturated heterocycles. The van der Waals surface area contributed by atoms with Gasteiger partial charge in [-0.1, -0.05) is 19.9 Å². The van der Waals surface area contributed by atoms with E-state index < -0.39 is 0 Å². The lowest BCUT2D eigenvalue weighted by Gasteiger charge is -2.21. The molecule has 0 saturated carbocycles. The van der Waals surface area contributed by atoms with Crippen LogP contribution in [-0.2, 0) is 9.53 Å². The van der Waals surface area contributed by atoms with E-state index in [2.05, 4.69) is 19.2 Å². The molecule has 0 aromatic heterocycles. The van der Waals surface area contributed by atoms with Crippen LogP contribution in [-0.4, -0.2) is 19.1 Å². The maximum Gasteiger partial charge on any atom is 0.328 e. The third kappa shape index (κ3) is 3.65. The van der Waals surface area contributed by atoms with E-state index in [0.717, 1.165) is 17.7 Å². The second-order valence-corrected chi connectivity index (χ2v) is 4.87. The summed E-state index contributed by atoms with van der Waals surface area (Å²) in [6.45, 7) is 6.08. The fourth-order valence-electron chi connectivity index (χ4n) is 1.83. The molecule has 1 aromatic rings. The van der Waals surface area contributed by atoms with E-state index >= 15 is 0 Å². The second-order valence-electron chi connectivity index (χ2n) is 4.87. The molecule has 18 heavy (non-hydrogen) atoms. The second kappa shape index (κ2) is 6.28. The first-order valence-corrected chi connectivity index (χ1v) is 6.15. The number of ether oxygens (including phenoxy) is 1. The minimum absolute atomic E-state index is 0.245. The fourth-order valence-corrected chi connectivity index (χ4v) is 1.83. The van der Waals surface area contributed by atoms with Gasteiger partial charge < -0.3 is 15.8 Å².